The van der Waals surface area contributed by atoms with Gasteiger partial charge in [0.1, 0.15) is 6.33 Å². The number of anilines is 1. The summed E-state index contributed by atoms with van der Waals surface area (Å²) < 4.78 is 0. The largest absolute Gasteiger partial charge is 0.381 e. The Morgan fingerprint density at radius 3 is 2.50 bits per heavy atom. The third-order valence-electron chi connectivity index (χ3n) is 3.34. The molecule has 1 heterocycles. The fourth-order valence-corrected chi connectivity index (χ4v) is 2.11. The molecular formula is C16H22N4. The molecule has 0 aliphatic heterocycles. The van der Waals surface area contributed by atoms with E-state index in [0.717, 1.165) is 37.4 Å². The van der Waals surface area contributed by atoms with Gasteiger partial charge in [0.2, 0.25) is 0 Å². The van der Waals surface area contributed by atoms with Crippen LogP contribution in [0, 0.1) is 0 Å². The zero-order chi connectivity index (χ0) is 14.2. The molecule has 0 spiro atoms. The Labute approximate surface area is 120 Å². The maximum Gasteiger partial charge on any atom is 0.115 e. The average molecular weight is 270 g/mol. The molecule has 4 nitrogen and oxygen atoms in total. The summed E-state index contributed by atoms with van der Waals surface area (Å²) >= 11 is 0. The molecule has 4 heteroatoms. The number of nitrogens with zero attached hydrogens (tertiary/aromatic N) is 3. The molecule has 2 rings (SSSR count). The summed E-state index contributed by atoms with van der Waals surface area (Å²) in [6.45, 7) is 8.29. The van der Waals surface area contributed by atoms with E-state index in [1.807, 2.05) is 12.4 Å². The standard InChI is InChI=1S/C16H22N4/c1-3-20(4-2)12-14-6-5-7-16(8-14)19-11-15-9-17-13-18-10-15/h5-10,13,19H,3-4,11-12H2,1-2H3. The number of aromatic nitrogens is 2. The Bertz CT molecular complexity index is 509. The van der Waals surface area contributed by atoms with E-state index >= 15 is 0 Å². The van der Waals surface area contributed by atoms with Crippen LogP contribution in [0.25, 0.3) is 0 Å². The molecule has 0 radical (unpaired) electrons. The lowest BCUT2D eigenvalue weighted by Crippen LogP contribution is -2.22. The first-order valence-corrected chi connectivity index (χ1v) is 7.11. The Morgan fingerprint density at radius 2 is 1.80 bits per heavy atom. The van der Waals surface area contributed by atoms with Gasteiger partial charge in [-0.25, -0.2) is 9.97 Å². The first-order chi connectivity index (χ1) is 9.81. The van der Waals surface area contributed by atoms with E-state index in [4.69, 9.17) is 0 Å². The quantitative estimate of drug-likeness (QED) is 0.840. The topological polar surface area (TPSA) is 41.0 Å². The van der Waals surface area contributed by atoms with Crippen molar-refractivity contribution in [3.8, 4) is 0 Å². The summed E-state index contributed by atoms with van der Waals surface area (Å²) in [5.74, 6) is 0. The molecule has 1 aromatic carbocycles. The van der Waals surface area contributed by atoms with Gasteiger partial charge in [-0.1, -0.05) is 26.0 Å². The third-order valence-corrected chi connectivity index (χ3v) is 3.34. The lowest BCUT2D eigenvalue weighted by molar-refractivity contribution is 0.296. The summed E-state index contributed by atoms with van der Waals surface area (Å²) in [7, 11) is 0. The van der Waals surface area contributed by atoms with Crippen LogP contribution in [0.5, 0.6) is 0 Å². The fraction of sp³-hybridized carbons (Fsp3) is 0.375. The molecule has 106 valence electrons. The van der Waals surface area contributed by atoms with Crippen molar-refractivity contribution in [1.29, 1.82) is 0 Å². The molecule has 0 amide bonds. The van der Waals surface area contributed by atoms with Crippen LogP contribution >= 0.6 is 0 Å². The first kappa shape index (κ1) is 14.5. The van der Waals surface area contributed by atoms with Gasteiger partial charge in [0.15, 0.2) is 0 Å². The van der Waals surface area contributed by atoms with Crippen LogP contribution in [0.1, 0.15) is 25.0 Å². The second-order valence-electron chi connectivity index (χ2n) is 4.76. The minimum atomic E-state index is 0.746. The molecular weight excluding hydrogens is 248 g/mol. The van der Waals surface area contributed by atoms with Gasteiger partial charge in [-0.05, 0) is 30.8 Å². The van der Waals surface area contributed by atoms with E-state index in [0.29, 0.717) is 0 Å². The summed E-state index contributed by atoms with van der Waals surface area (Å²) in [6, 6.07) is 8.58. The van der Waals surface area contributed by atoms with E-state index in [-0.39, 0.29) is 0 Å². The molecule has 20 heavy (non-hydrogen) atoms. The molecule has 0 fully saturated rings. The lowest BCUT2D eigenvalue weighted by atomic mass is 10.2. The van der Waals surface area contributed by atoms with Crippen molar-refractivity contribution in [2.45, 2.75) is 26.9 Å². The lowest BCUT2D eigenvalue weighted by Gasteiger charge is -2.18. The van der Waals surface area contributed by atoms with Gasteiger partial charge in [0.25, 0.3) is 0 Å². The van der Waals surface area contributed by atoms with E-state index in [1.165, 1.54) is 5.56 Å². The third kappa shape index (κ3) is 4.31. The monoisotopic (exact) mass is 270 g/mol. The van der Waals surface area contributed by atoms with E-state index < -0.39 is 0 Å². The van der Waals surface area contributed by atoms with Crippen molar-refractivity contribution in [2.75, 3.05) is 18.4 Å². The van der Waals surface area contributed by atoms with Gasteiger partial charge in [-0.3, -0.25) is 4.90 Å². The Kier molecular flexibility index (Phi) is 5.50. The molecule has 0 unspecified atom stereocenters. The van der Waals surface area contributed by atoms with E-state index in [1.54, 1.807) is 6.33 Å². The van der Waals surface area contributed by atoms with Crippen molar-refractivity contribution in [3.05, 3.63) is 54.1 Å². The number of benzene rings is 1. The number of hydrogen-bond donors (Lipinski definition) is 1. The van der Waals surface area contributed by atoms with Gasteiger partial charge in [0, 0.05) is 36.7 Å². The summed E-state index contributed by atoms with van der Waals surface area (Å²) in [4.78, 5) is 10.4. The smallest absolute Gasteiger partial charge is 0.115 e. The van der Waals surface area contributed by atoms with Crippen LogP contribution in [-0.2, 0) is 13.1 Å². The number of hydrogen-bond acceptors (Lipinski definition) is 4. The molecule has 0 bridgehead atoms. The second kappa shape index (κ2) is 7.60. The Balaban J connectivity index is 1.95. The molecule has 1 aromatic heterocycles. The minimum Gasteiger partial charge on any atom is -0.381 e. The van der Waals surface area contributed by atoms with E-state index in [9.17, 15) is 0 Å². The molecule has 0 aliphatic rings. The maximum atomic E-state index is 4.02. The van der Waals surface area contributed by atoms with Gasteiger partial charge < -0.3 is 5.32 Å². The molecule has 0 aliphatic carbocycles. The highest BCUT2D eigenvalue weighted by Crippen LogP contribution is 2.13. The number of nitrogens with one attached hydrogen (secondary N) is 1. The molecule has 2 aromatic rings. The fourth-order valence-electron chi connectivity index (χ4n) is 2.11. The van der Waals surface area contributed by atoms with Crippen molar-refractivity contribution < 1.29 is 0 Å². The highest BCUT2D eigenvalue weighted by molar-refractivity contribution is 5.46. The highest BCUT2D eigenvalue weighted by Gasteiger charge is 2.02. The van der Waals surface area contributed by atoms with Crippen molar-refractivity contribution in [2.24, 2.45) is 0 Å². The minimum absolute atomic E-state index is 0.746. The molecule has 0 saturated heterocycles. The normalized spacial score (nSPS) is 10.8. The van der Waals surface area contributed by atoms with Crippen molar-refractivity contribution >= 4 is 5.69 Å². The molecule has 1 N–H and O–H groups in total. The molecule has 0 saturated carbocycles. The van der Waals surface area contributed by atoms with Crippen molar-refractivity contribution in [3.63, 3.8) is 0 Å². The zero-order valence-corrected chi connectivity index (χ0v) is 12.2. The highest BCUT2D eigenvalue weighted by atomic mass is 15.1. The van der Waals surface area contributed by atoms with E-state index in [2.05, 4.69) is 58.3 Å². The van der Waals surface area contributed by atoms with Crippen LogP contribution in [0.15, 0.2) is 43.0 Å². The van der Waals surface area contributed by atoms with Crippen LogP contribution < -0.4 is 5.32 Å². The number of rotatable bonds is 7. The zero-order valence-electron chi connectivity index (χ0n) is 12.2. The van der Waals surface area contributed by atoms with Gasteiger partial charge in [-0.15, -0.1) is 0 Å². The maximum absolute atomic E-state index is 4.02. The summed E-state index contributed by atoms with van der Waals surface area (Å²) in [5, 5.41) is 3.41. The van der Waals surface area contributed by atoms with Crippen molar-refractivity contribution in [1.82, 2.24) is 14.9 Å². The van der Waals surface area contributed by atoms with Crippen LogP contribution in [-0.4, -0.2) is 28.0 Å². The Hall–Kier alpha value is -1.94. The van der Waals surface area contributed by atoms with Crippen LogP contribution in [0.4, 0.5) is 5.69 Å². The van der Waals surface area contributed by atoms with Crippen LogP contribution in [0.2, 0.25) is 0 Å². The van der Waals surface area contributed by atoms with Gasteiger partial charge in [-0.2, -0.15) is 0 Å². The Morgan fingerprint density at radius 1 is 1.05 bits per heavy atom. The predicted octanol–water partition coefficient (Wildman–Crippen LogP) is 2.93. The summed E-state index contributed by atoms with van der Waals surface area (Å²) in [6.07, 6.45) is 5.22. The second-order valence-corrected chi connectivity index (χ2v) is 4.76. The van der Waals surface area contributed by atoms with Gasteiger partial charge in [0.05, 0.1) is 0 Å². The molecule has 0 atom stereocenters. The average Bonchev–Trinajstić information content (AvgIpc) is 2.52. The SMILES string of the molecule is CCN(CC)Cc1cccc(NCc2cncnc2)c1. The van der Waals surface area contributed by atoms with Crippen LogP contribution in [0.3, 0.4) is 0 Å². The first-order valence-electron chi connectivity index (χ1n) is 7.11. The van der Waals surface area contributed by atoms with Gasteiger partial charge >= 0.3 is 0 Å². The summed E-state index contributed by atoms with van der Waals surface area (Å²) in [5.41, 5.74) is 3.56. The predicted molar refractivity (Wildman–Crippen MR) is 82.4 cm³/mol.